The fourth-order valence-corrected chi connectivity index (χ4v) is 1.90. The first-order valence-electron chi connectivity index (χ1n) is 7.40. The molecule has 0 saturated heterocycles. The Morgan fingerprint density at radius 1 is 0.792 bits per heavy atom. The van der Waals surface area contributed by atoms with E-state index in [4.69, 9.17) is 20.1 Å². The van der Waals surface area contributed by atoms with Crippen LogP contribution in [0.1, 0.15) is 17.5 Å². The van der Waals surface area contributed by atoms with Gasteiger partial charge in [-0.3, -0.25) is 9.97 Å². The molecule has 1 rings (SSSR count). The van der Waals surface area contributed by atoms with Crippen LogP contribution in [0.4, 0.5) is 0 Å². The maximum Gasteiger partial charge on any atom is 0.125 e. The van der Waals surface area contributed by atoms with Crippen molar-refractivity contribution in [3.63, 3.8) is 0 Å². The second kappa shape index (κ2) is 10.6. The third-order valence-corrected chi connectivity index (χ3v) is 3.41. The lowest BCUT2D eigenvalue weighted by Gasteiger charge is -2.24. The van der Waals surface area contributed by atoms with Gasteiger partial charge in [0.15, 0.2) is 0 Å². The first-order chi connectivity index (χ1) is 11.5. The van der Waals surface area contributed by atoms with E-state index < -0.39 is 56.9 Å². The van der Waals surface area contributed by atoms with Gasteiger partial charge in [0.2, 0.25) is 0 Å². The number of hydrogen-bond donors (Lipinski definition) is 7. The molecular weight excluding hydrogens is 324 g/mol. The van der Waals surface area contributed by atoms with Crippen molar-refractivity contribution < 1.29 is 40.5 Å². The highest BCUT2D eigenvalue weighted by molar-refractivity contribution is 5.07. The Morgan fingerprint density at radius 3 is 1.92 bits per heavy atom. The topological polar surface area (TPSA) is 177 Å². The van der Waals surface area contributed by atoms with Crippen LogP contribution in [0.15, 0.2) is 12.4 Å². The number of aliphatic hydroxyl groups is 7. The Kier molecular flexibility index (Phi) is 9.18. The van der Waals surface area contributed by atoms with Crippen molar-refractivity contribution in [1.29, 1.82) is 0 Å². The van der Waals surface area contributed by atoms with Gasteiger partial charge in [0.1, 0.15) is 24.4 Å². The normalized spacial score (nSPS) is 18.0. The van der Waals surface area contributed by atoms with Crippen LogP contribution < -0.4 is 0 Å². The molecular formula is C14H24N2O8. The summed E-state index contributed by atoms with van der Waals surface area (Å²) in [5, 5.41) is 64.6. The molecule has 138 valence electrons. The minimum Gasteiger partial charge on any atom is -0.394 e. The number of hydrogen-bond acceptors (Lipinski definition) is 10. The molecule has 5 atom stereocenters. The quantitative estimate of drug-likeness (QED) is 0.212. The Bertz CT molecular complexity index is 461. The molecule has 0 radical (unpaired) electrons. The highest BCUT2D eigenvalue weighted by Crippen LogP contribution is 2.18. The zero-order valence-electron chi connectivity index (χ0n) is 13.0. The van der Waals surface area contributed by atoms with Gasteiger partial charge < -0.3 is 40.5 Å². The molecule has 0 aromatic carbocycles. The molecule has 1 aromatic rings. The average Bonchev–Trinajstić information content (AvgIpc) is 2.62. The first kappa shape index (κ1) is 20.8. The molecule has 24 heavy (non-hydrogen) atoms. The Labute approximate surface area is 138 Å². The third-order valence-electron chi connectivity index (χ3n) is 3.41. The Balaban J connectivity index is 2.74. The molecule has 10 nitrogen and oxygen atoms in total. The van der Waals surface area contributed by atoms with Crippen molar-refractivity contribution in [2.75, 3.05) is 26.4 Å². The second-order valence-electron chi connectivity index (χ2n) is 5.23. The molecule has 0 amide bonds. The zero-order chi connectivity index (χ0) is 18.1. The van der Waals surface area contributed by atoms with E-state index in [1.165, 1.54) is 12.4 Å². The molecule has 0 aliphatic carbocycles. The van der Waals surface area contributed by atoms with E-state index >= 15 is 0 Å². The molecule has 0 fully saturated rings. The Hall–Kier alpha value is -1.24. The van der Waals surface area contributed by atoms with Crippen molar-refractivity contribution in [3.8, 4) is 0 Å². The maximum atomic E-state index is 9.61. The van der Waals surface area contributed by atoms with E-state index in [1.807, 2.05) is 0 Å². The molecule has 0 aliphatic heterocycles. The molecule has 10 heteroatoms. The SMILES string of the molecule is OC[C@H](O[C@@H](CO)[C@H](O)CO)c1cnc(C[C@H](O)[C@H](O)CO)cn1. The van der Waals surface area contributed by atoms with Crippen LogP contribution in [0.2, 0.25) is 0 Å². The molecule has 1 heterocycles. The predicted octanol–water partition coefficient (Wildman–Crippen LogP) is -3.50. The summed E-state index contributed by atoms with van der Waals surface area (Å²) in [6.07, 6.45) is -3.30. The summed E-state index contributed by atoms with van der Waals surface area (Å²) in [4.78, 5) is 8.05. The number of aliphatic hydroxyl groups excluding tert-OH is 7. The van der Waals surface area contributed by atoms with Gasteiger partial charge in [-0.25, -0.2) is 0 Å². The van der Waals surface area contributed by atoms with E-state index in [0.29, 0.717) is 5.69 Å². The van der Waals surface area contributed by atoms with Gasteiger partial charge in [-0.15, -0.1) is 0 Å². The van der Waals surface area contributed by atoms with Gasteiger partial charge in [0.25, 0.3) is 0 Å². The van der Waals surface area contributed by atoms with E-state index in [-0.39, 0.29) is 12.1 Å². The van der Waals surface area contributed by atoms with Crippen LogP contribution >= 0.6 is 0 Å². The summed E-state index contributed by atoms with van der Waals surface area (Å²) >= 11 is 0. The predicted molar refractivity (Wildman–Crippen MR) is 79.7 cm³/mol. The summed E-state index contributed by atoms with van der Waals surface area (Å²) in [6.45, 7) is -2.24. The van der Waals surface area contributed by atoms with Crippen LogP contribution in [0.3, 0.4) is 0 Å². The summed E-state index contributed by atoms with van der Waals surface area (Å²) in [7, 11) is 0. The van der Waals surface area contributed by atoms with E-state index in [1.54, 1.807) is 0 Å². The average molecular weight is 348 g/mol. The van der Waals surface area contributed by atoms with Gasteiger partial charge >= 0.3 is 0 Å². The molecule has 0 spiro atoms. The molecule has 0 unspecified atom stereocenters. The number of rotatable bonds is 11. The summed E-state index contributed by atoms with van der Waals surface area (Å²) in [5.74, 6) is 0. The number of aromatic nitrogens is 2. The molecule has 0 aliphatic rings. The highest BCUT2D eigenvalue weighted by atomic mass is 16.5. The summed E-state index contributed by atoms with van der Waals surface area (Å²) in [5.41, 5.74) is 0.576. The van der Waals surface area contributed by atoms with Crippen molar-refractivity contribution in [3.05, 3.63) is 23.8 Å². The molecule has 7 N–H and O–H groups in total. The molecule has 0 bridgehead atoms. The van der Waals surface area contributed by atoms with Crippen molar-refractivity contribution in [2.45, 2.75) is 36.9 Å². The fourth-order valence-electron chi connectivity index (χ4n) is 1.90. The minimum absolute atomic E-state index is 0.0256. The largest absolute Gasteiger partial charge is 0.394 e. The lowest BCUT2D eigenvalue weighted by molar-refractivity contribution is -0.123. The third kappa shape index (κ3) is 6.00. The van der Waals surface area contributed by atoms with Crippen molar-refractivity contribution in [1.82, 2.24) is 9.97 Å². The fraction of sp³-hybridized carbons (Fsp3) is 0.714. The number of ether oxygens (including phenoxy) is 1. The summed E-state index contributed by atoms with van der Waals surface area (Å²) in [6, 6.07) is 0. The van der Waals surface area contributed by atoms with Crippen LogP contribution in [-0.2, 0) is 11.2 Å². The van der Waals surface area contributed by atoms with Crippen LogP contribution in [-0.4, -0.2) is 96.6 Å². The van der Waals surface area contributed by atoms with Gasteiger partial charge in [-0.1, -0.05) is 0 Å². The second-order valence-corrected chi connectivity index (χ2v) is 5.23. The van der Waals surface area contributed by atoms with E-state index in [2.05, 4.69) is 9.97 Å². The van der Waals surface area contributed by atoms with Crippen LogP contribution in [0, 0.1) is 0 Å². The van der Waals surface area contributed by atoms with Crippen LogP contribution in [0.25, 0.3) is 0 Å². The lowest BCUT2D eigenvalue weighted by atomic mass is 10.1. The molecule has 0 saturated carbocycles. The zero-order valence-corrected chi connectivity index (χ0v) is 13.0. The van der Waals surface area contributed by atoms with Gasteiger partial charge in [-0.2, -0.15) is 0 Å². The maximum absolute atomic E-state index is 9.61. The van der Waals surface area contributed by atoms with Crippen LogP contribution in [0.5, 0.6) is 0 Å². The standard InChI is InChI=1S/C14H24N2O8/c17-4-11(22)10(21)1-8-2-16-9(3-15-8)13(6-19)24-14(7-20)12(23)5-18/h2-3,10-14,17-23H,1,4-7H2/t10-,11+,12+,13-,14-/m0/s1. The van der Waals surface area contributed by atoms with Crippen molar-refractivity contribution in [2.24, 2.45) is 0 Å². The van der Waals surface area contributed by atoms with E-state index in [0.717, 1.165) is 0 Å². The number of nitrogens with zero attached hydrogens (tertiary/aromatic N) is 2. The highest BCUT2D eigenvalue weighted by Gasteiger charge is 2.25. The molecule has 1 aromatic heterocycles. The smallest absolute Gasteiger partial charge is 0.125 e. The lowest BCUT2D eigenvalue weighted by Crippen LogP contribution is -2.37. The van der Waals surface area contributed by atoms with Crippen molar-refractivity contribution >= 4 is 0 Å². The minimum atomic E-state index is -1.31. The Morgan fingerprint density at radius 2 is 1.46 bits per heavy atom. The van der Waals surface area contributed by atoms with Gasteiger partial charge in [-0.05, 0) is 0 Å². The first-order valence-corrected chi connectivity index (χ1v) is 7.40. The monoisotopic (exact) mass is 348 g/mol. The summed E-state index contributed by atoms with van der Waals surface area (Å²) < 4.78 is 5.33. The van der Waals surface area contributed by atoms with Gasteiger partial charge in [0, 0.05) is 12.6 Å². The van der Waals surface area contributed by atoms with E-state index in [9.17, 15) is 20.4 Å². The van der Waals surface area contributed by atoms with Gasteiger partial charge in [0.05, 0.1) is 50.1 Å².